The van der Waals surface area contributed by atoms with Gasteiger partial charge in [-0.3, -0.25) is 0 Å². The zero-order chi connectivity index (χ0) is 11.6. The summed E-state index contributed by atoms with van der Waals surface area (Å²) in [5.74, 6) is 0.839. The van der Waals surface area contributed by atoms with Crippen molar-refractivity contribution in [2.24, 2.45) is 5.92 Å². The van der Waals surface area contributed by atoms with Crippen molar-refractivity contribution in [2.75, 3.05) is 0 Å². The first kappa shape index (κ1) is 15.3. The van der Waals surface area contributed by atoms with Crippen molar-refractivity contribution >= 4 is 36.8 Å². The van der Waals surface area contributed by atoms with E-state index in [-0.39, 0.29) is 0 Å². The Hall–Kier alpha value is 1.34. The molecule has 0 aromatic rings. The Morgan fingerprint density at radius 2 is 1.43 bits per heavy atom. The van der Waals surface area contributed by atoms with Crippen molar-refractivity contribution in [3.05, 3.63) is 7.68 Å². The van der Waals surface area contributed by atoms with Gasteiger partial charge in [-0.2, -0.15) is 0 Å². The molecule has 0 heterocycles. The zero-order valence-electron chi connectivity index (χ0n) is 11.4. The zero-order valence-corrected chi connectivity index (χ0v) is 17.1. The summed E-state index contributed by atoms with van der Waals surface area (Å²) < 4.78 is 4.66. The molecule has 0 bridgehead atoms. The minimum absolute atomic E-state index is 0.839. The molecule has 0 aliphatic heterocycles. The normalized spacial score (nSPS) is 15.1. The van der Waals surface area contributed by atoms with Crippen molar-refractivity contribution in [1.82, 2.24) is 0 Å². The van der Waals surface area contributed by atoms with Crippen LogP contribution in [0.1, 0.15) is 20.3 Å². The van der Waals surface area contributed by atoms with E-state index in [0.29, 0.717) is 0 Å². The molecule has 0 spiro atoms. The molecular weight excluding hydrogens is 382 g/mol. The summed E-state index contributed by atoms with van der Waals surface area (Å²) in [5.41, 5.74) is 0. The van der Waals surface area contributed by atoms with Crippen LogP contribution in [0.25, 0.3) is 0 Å². The number of allylic oxidation sites excluding steroid dienone is 1. The van der Waals surface area contributed by atoms with Crippen LogP contribution in [-0.2, 0) is 0 Å². The maximum atomic E-state index is 2.75. The van der Waals surface area contributed by atoms with Gasteiger partial charge in [0.05, 0.1) is 0 Å². The Morgan fingerprint density at radius 1 is 1.00 bits per heavy atom. The van der Waals surface area contributed by atoms with Crippen LogP contribution in [0.3, 0.4) is 0 Å². The summed E-state index contributed by atoms with van der Waals surface area (Å²) in [4.78, 5) is 15.2. The average Bonchev–Trinajstić information content (AvgIpc) is 1.78. The summed E-state index contributed by atoms with van der Waals surface area (Å²) in [7, 11) is 0. The maximum absolute atomic E-state index is 2.75. The van der Waals surface area contributed by atoms with Crippen LogP contribution >= 0.6 is 0 Å². The second-order valence-corrected chi connectivity index (χ2v) is 35.9. The van der Waals surface area contributed by atoms with Crippen molar-refractivity contribution in [3.8, 4) is 0 Å². The Morgan fingerprint density at radius 3 is 1.64 bits per heavy atom. The summed E-state index contributed by atoms with van der Waals surface area (Å²) in [6.45, 7) is 4.70. The van der Waals surface area contributed by atoms with Crippen molar-refractivity contribution < 1.29 is 0 Å². The van der Waals surface area contributed by atoms with Crippen LogP contribution in [0.4, 0.5) is 0 Å². The van der Waals surface area contributed by atoms with Gasteiger partial charge in [-0.15, -0.1) is 0 Å². The SMILES string of the molecule is CC(C)C/[C](=[CH]\[Sn]([CH3])([CH3])[CH3])[Sn]([CH3])([CH3])[CH3]. The van der Waals surface area contributed by atoms with Crippen molar-refractivity contribution in [1.29, 1.82) is 0 Å². The molecule has 0 aromatic carbocycles. The predicted octanol–water partition coefficient (Wildman–Crippen LogP) is 4.71. The fourth-order valence-corrected chi connectivity index (χ4v) is 25.6. The first-order chi connectivity index (χ1) is 6.02. The van der Waals surface area contributed by atoms with Gasteiger partial charge >= 0.3 is 100 Å². The van der Waals surface area contributed by atoms with Gasteiger partial charge in [0.15, 0.2) is 0 Å². The molecule has 0 N–H and O–H groups in total. The molecule has 14 heavy (non-hydrogen) atoms. The molecule has 0 rings (SSSR count). The first-order valence-corrected chi connectivity index (χ1v) is 25.9. The van der Waals surface area contributed by atoms with Gasteiger partial charge in [0.1, 0.15) is 0 Å². The van der Waals surface area contributed by atoms with Crippen LogP contribution in [0.5, 0.6) is 0 Å². The monoisotopic (exact) mass is 412 g/mol. The Bertz CT molecular complexity index is 201. The first-order valence-electron chi connectivity index (χ1n) is 5.74. The Kier molecular flexibility index (Phi) is 6.14. The third-order valence-corrected chi connectivity index (χ3v) is 14.5. The predicted molar refractivity (Wildman–Crippen MR) is 74.2 cm³/mol. The van der Waals surface area contributed by atoms with Gasteiger partial charge in [-0.05, 0) is 0 Å². The molecule has 0 aliphatic rings. The van der Waals surface area contributed by atoms with Crippen molar-refractivity contribution in [2.45, 2.75) is 49.9 Å². The molecule has 2 heteroatoms. The number of rotatable bonds is 4. The molecule has 0 atom stereocenters. The van der Waals surface area contributed by atoms with Crippen LogP contribution in [0.15, 0.2) is 7.68 Å². The molecule has 0 radical (unpaired) electrons. The van der Waals surface area contributed by atoms with Gasteiger partial charge in [0.25, 0.3) is 0 Å². The van der Waals surface area contributed by atoms with Gasteiger partial charge in [0.2, 0.25) is 0 Å². The Labute approximate surface area is 99.3 Å². The van der Waals surface area contributed by atoms with Gasteiger partial charge in [-0.1, -0.05) is 0 Å². The van der Waals surface area contributed by atoms with E-state index >= 15 is 0 Å². The summed E-state index contributed by atoms with van der Waals surface area (Å²) in [6, 6.07) is 0. The van der Waals surface area contributed by atoms with E-state index in [1.807, 2.05) is 3.59 Å². The van der Waals surface area contributed by atoms with E-state index < -0.39 is 36.8 Å². The van der Waals surface area contributed by atoms with E-state index in [1.165, 1.54) is 6.42 Å². The van der Waals surface area contributed by atoms with E-state index in [0.717, 1.165) is 5.92 Å². The third-order valence-electron chi connectivity index (χ3n) is 2.20. The molecule has 0 saturated carbocycles. The Balaban J connectivity index is 4.83. The van der Waals surface area contributed by atoms with Gasteiger partial charge in [-0.25, -0.2) is 0 Å². The topological polar surface area (TPSA) is 0 Å². The van der Waals surface area contributed by atoms with E-state index in [2.05, 4.69) is 47.6 Å². The molecule has 0 nitrogen and oxygen atoms in total. The van der Waals surface area contributed by atoms with E-state index in [4.69, 9.17) is 0 Å². The molecule has 0 aromatic heterocycles. The van der Waals surface area contributed by atoms with Crippen molar-refractivity contribution in [3.63, 3.8) is 0 Å². The third kappa shape index (κ3) is 7.61. The van der Waals surface area contributed by atoms with Crippen LogP contribution in [0.2, 0.25) is 29.6 Å². The fraction of sp³-hybridized carbons (Fsp3) is 0.833. The summed E-state index contributed by atoms with van der Waals surface area (Å²) in [5, 5.41) is 0. The quantitative estimate of drug-likeness (QED) is 0.590. The van der Waals surface area contributed by atoms with E-state index in [1.54, 1.807) is 0 Å². The molecule has 0 fully saturated rings. The van der Waals surface area contributed by atoms with Crippen LogP contribution < -0.4 is 0 Å². The standard InChI is InChI=1S/C6H10.6CH3.2Sn/c1-4-5-6(2)3;;;;;;;;/h1,6H,5H2,2-3H3;6*1H3;;. The van der Waals surface area contributed by atoms with Gasteiger partial charge in [0, 0.05) is 0 Å². The molecule has 0 unspecified atom stereocenters. The summed E-state index contributed by atoms with van der Waals surface area (Å²) >= 11 is -3.47. The second-order valence-electron chi connectivity index (χ2n) is 6.88. The average molecular weight is 410 g/mol. The van der Waals surface area contributed by atoms with Crippen LogP contribution in [-0.4, -0.2) is 36.8 Å². The molecule has 0 saturated heterocycles. The molecule has 84 valence electrons. The van der Waals surface area contributed by atoms with Crippen LogP contribution in [0, 0.1) is 5.92 Å². The molecular formula is C12H28Sn2. The number of hydrogen-bond donors (Lipinski definition) is 0. The van der Waals surface area contributed by atoms with E-state index in [9.17, 15) is 0 Å². The second kappa shape index (κ2) is 5.60. The minimum atomic E-state index is -1.77. The summed E-state index contributed by atoms with van der Waals surface area (Å²) in [6.07, 6.45) is 1.37. The number of hydrogen-bond acceptors (Lipinski definition) is 0. The molecule has 0 aliphatic carbocycles. The molecule has 0 amide bonds. The van der Waals surface area contributed by atoms with Gasteiger partial charge < -0.3 is 0 Å². The fourth-order valence-electron chi connectivity index (χ4n) is 1.54.